The monoisotopic (exact) mass is 192 g/mol. The molecule has 0 aliphatic rings. The topological polar surface area (TPSA) is 80.4 Å². The van der Waals surface area contributed by atoms with Crippen LogP contribution in [-0.2, 0) is 11.2 Å². The number of carboxylic acid groups (broad SMARTS) is 1. The molecule has 0 bridgehead atoms. The highest BCUT2D eigenvalue weighted by Gasteiger charge is 2.05. The Kier molecular flexibility index (Phi) is 2.10. The number of aromatic nitrogens is 4. The van der Waals surface area contributed by atoms with Gasteiger partial charge in [0.1, 0.15) is 0 Å². The molecular weight excluding hydrogens is 184 g/mol. The average Bonchev–Trinajstić information content (AvgIpc) is 2.57. The van der Waals surface area contributed by atoms with E-state index in [2.05, 4.69) is 15.1 Å². The molecule has 1 N–H and O–H groups in total. The third-order valence-corrected chi connectivity index (χ3v) is 1.72. The number of rotatable bonds is 3. The highest BCUT2D eigenvalue weighted by Crippen LogP contribution is 1.99. The average molecular weight is 192 g/mol. The van der Waals surface area contributed by atoms with Crippen LogP contribution in [-0.4, -0.2) is 30.7 Å². The fourth-order valence-corrected chi connectivity index (χ4v) is 1.10. The van der Waals surface area contributed by atoms with E-state index in [0.29, 0.717) is 18.0 Å². The number of aliphatic carboxylic acids is 1. The maximum Gasteiger partial charge on any atom is 0.303 e. The third kappa shape index (κ3) is 1.68. The minimum atomic E-state index is -0.850. The number of carbonyl (C=O) groups is 1. The van der Waals surface area contributed by atoms with E-state index < -0.39 is 5.97 Å². The van der Waals surface area contributed by atoms with Crippen molar-refractivity contribution < 1.29 is 9.90 Å². The number of fused-ring (bicyclic) bond motifs is 1. The van der Waals surface area contributed by atoms with Gasteiger partial charge < -0.3 is 5.11 Å². The maximum atomic E-state index is 10.3. The van der Waals surface area contributed by atoms with E-state index in [9.17, 15) is 4.79 Å². The van der Waals surface area contributed by atoms with Gasteiger partial charge in [-0.3, -0.25) is 4.79 Å². The van der Waals surface area contributed by atoms with Crippen molar-refractivity contribution in [2.75, 3.05) is 0 Å². The van der Waals surface area contributed by atoms with E-state index in [4.69, 9.17) is 5.11 Å². The van der Waals surface area contributed by atoms with Gasteiger partial charge in [0.25, 0.3) is 5.78 Å². The van der Waals surface area contributed by atoms with Crippen LogP contribution in [0.4, 0.5) is 0 Å². The summed E-state index contributed by atoms with van der Waals surface area (Å²) in [5, 5.41) is 12.5. The largest absolute Gasteiger partial charge is 0.481 e. The predicted octanol–water partition coefficient (Wildman–Crippen LogP) is 0.142. The molecule has 0 radical (unpaired) electrons. The molecule has 0 atom stereocenters. The molecule has 14 heavy (non-hydrogen) atoms. The van der Waals surface area contributed by atoms with Crippen LogP contribution in [0.5, 0.6) is 0 Å². The van der Waals surface area contributed by atoms with Crippen LogP contribution in [0.25, 0.3) is 5.78 Å². The number of hydrogen-bond acceptors (Lipinski definition) is 4. The van der Waals surface area contributed by atoms with Crippen molar-refractivity contribution in [2.45, 2.75) is 12.8 Å². The van der Waals surface area contributed by atoms with Gasteiger partial charge in [0.05, 0.1) is 6.42 Å². The van der Waals surface area contributed by atoms with E-state index in [0.717, 1.165) is 0 Å². The highest BCUT2D eigenvalue weighted by molar-refractivity contribution is 5.66. The first kappa shape index (κ1) is 8.61. The van der Waals surface area contributed by atoms with E-state index in [-0.39, 0.29) is 6.42 Å². The Morgan fingerprint density at radius 1 is 1.57 bits per heavy atom. The molecule has 2 aromatic rings. The predicted molar refractivity (Wildman–Crippen MR) is 46.7 cm³/mol. The molecular formula is C8H8N4O2. The number of hydrogen-bond donors (Lipinski definition) is 1. The second kappa shape index (κ2) is 3.41. The van der Waals surface area contributed by atoms with Gasteiger partial charge in [0.2, 0.25) is 0 Å². The summed E-state index contributed by atoms with van der Waals surface area (Å²) in [4.78, 5) is 18.3. The second-order valence-electron chi connectivity index (χ2n) is 2.79. The third-order valence-electron chi connectivity index (χ3n) is 1.72. The number of aryl methyl sites for hydroxylation is 1. The Bertz CT molecular complexity index is 432. The number of carboxylic acids is 1. The van der Waals surface area contributed by atoms with E-state index in [1.165, 1.54) is 4.52 Å². The Labute approximate surface area is 79.2 Å². The molecule has 0 aromatic carbocycles. The molecule has 0 aliphatic carbocycles. The Morgan fingerprint density at radius 2 is 2.43 bits per heavy atom. The fourth-order valence-electron chi connectivity index (χ4n) is 1.10. The molecule has 0 aliphatic heterocycles. The van der Waals surface area contributed by atoms with Gasteiger partial charge in [-0.05, 0) is 6.07 Å². The zero-order valence-corrected chi connectivity index (χ0v) is 7.29. The summed E-state index contributed by atoms with van der Waals surface area (Å²) in [5.41, 5.74) is 0. The number of nitrogens with zero attached hydrogens (tertiary/aromatic N) is 4. The first-order valence-corrected chi connectivity index (χ1v) is 4.14. The smallest absolute Gasteiger partial charge is 0.303 e. The van der Waals surface area contributed by atoms with Crippen LogP contribution >= 0.6 is 0 Å². The molecule has 0 unspecified atom stereocenters. The summed E-state index contributed by atoms with van der Waals surface area (Å²) in [6, 6.07) is 1.74. The first-order chi connectivity index (χ1) is 6.75. The minimum absolute atomic E-state index is 0.0386. The van der Waals surface area contributed by atoms with E-state index in [1.54, 1.807) is 18.5 Å². The second-order valence-corrected chi connectivity index (χ2v) is 2.79. The normalized spacial score (nSPS) is 10.6. The van der Waals surface area contributed by atoms with Gasteiger partial charge in [-0.2, -0.15) is 4.98 Å². The van der Waals surface area contributed by atoms with Crippen molar-refractivity contribution in [1.82, 2.24) is 19.6 Å². The summed E-state index contributed by atoms with van der Waals surface area (Å²) in [5.74, 6) is 0.149. The molecule has 0 spiro atoms. The van der Waals surface area contributed by atoms with Gasteiger partial charge in [-0.1, -0.05) is 0 Å². The van der Waals surface area contributed by atoms with Crippen LogP contribution in [0, 0.1) is 0 Å². The van der Waals surface area contributed by atoms with Crippen LogP contribution in [0.15, 0.2) is 18.5 Å². The molecule has 2 heterocycles. The molecule has 0 saturated carbocycles. The maximum absolute atomic E-state index is 10.3. The standard InChI is InChI=1S/C8H8N4O2/c13-7(14)3-2-6-10-8-9-4-1-5-12(8)11-6/h1,4-5H,2-3H2,(H,13,14). The molecule has 0 saturated heterocycles. The van der Waals surface area contributed by atoms with E-state index >= 15 is 0 Å². The van der Waals surface area contributed by atoms with Crippen molar-refractivity contribution in [1.29, 1.82) is 0 Å². The lowest BCUT2D eigenvalue weighted by Gasteiger charge is -1.87. The fraction of sp³-hybridized carbons (Fsp3) is 0.250. The van der Waals surface area contributed by atoms with Crippen LogP contribution in [0.1, 0.15) is 12.2 Å². The van der Waals surface area contributed by atoms with Gasteiger partial charge in [-0.15, -0.1) is 5.10 Å². The van der Waals surface area contributed by atoms with Crippen molar-refractivity contribution in [2.24, 2.45) is 0 Å². The van der Waals surface area contributed by atoms with Crippen LogP contribution in [0.3, 0.4) is 0 Å². The zero-order chi connectivity index (χ0) is 9.97. The quantitative estimate of drug-likeness (QED) is 0.748. The van der Waals surface area contributed by atoms with Gasteiger partial charge in [-0.25, -0.2) is 9.50 Å². The molecule has 6 heteroatoms. The SMILES string of the molecule is O=C(O)CCc1nc2ncccn2n1. The molecule has 72 valence electrons. The molecule has 6 nitrogen and oxygen atoms in total. The van der Waals surface area contributed by atoms with E-state index in [1.807, 2.05) is 0 Å². The summed E-state index contributed by atoms with van der Waals surface area (Å²) in [7, 11) is 0. The Hall–Kier alpha value is -1.98. The van der Waals surface area contributed by atoms with Crippen molar-refractivity contribution in [3.63, 3.8) is 0 Å². The lowest BCUT2D eigenvalue weighted by atomic mass is 10.3. The molecule has 2 rings (SSSR count). The lowest BCUT2D eigenvalue weighted by Crippen LogP contribution is -1.99. The minimum Gasteiger partial charge on any atom is -0.481 e. The van der Waals surface area contributed by atoms with Gasteiger partial charge in [0.15, 0.2) is 5.82 Å². The van der Waals surface area contributed by atoms with Crippen LogP contribution in [0.2, 0.25) is 0 Å². The first-order valence-electron chi connectivity index (χ1n) is 4.14. The van der Waals surface area contributed by atoms with Crippen LogP contribution < -0.4 is 0 Å². The van der Waals surface area contributed by atoms with Crippen molar-refractivity contribution in [3.8, 4) is 0 Å². The molecule has 0 fully saturated rings. The summed E-state index contributed by atoms with van der Waals surface area (Å²) in [6.07, 6.45) is 3.71. The van der Waals surface area contributed by atoms with Crippen molar-refractivity contribution >= 4 is 11.7 Å². The van der Waals surface area contributed by atoms with Crippen molar-refractivity contribution in [3.05, 3.63) is 24.3 Å². The summed E-state index contributed by atoms with van der Waals surface area (Å²) >= 11 is 0. The van der Waals surface area contributed by atoms with Gasteiger partial charge in [0, 0.05) is 18.8 Å². The van der Waals surface area contributed by atoms with Gasteiger partial charge >= 0.3 is 5.97 Å². The molecule has 2 aromatic heterocycles. The zero-order valence-electron chi connectivity index (χ0n) is 7.29. The Balaban J connectivity index is 2.22. The molecule has 0 amide bonds. The summed E-state index contributed by atoms with van der Waals surface area (Å²) in [6.45, 7) is 0. The Morgan fingerprint density at radius 3 is 3.14 bits per heavy atom. The lowest BCUT2D eigenvalue weighted by molar-refractivity contribution is -0.137. The summed E-state index contributed by atoms with van der Waals surface area (Å²) < 4.78 is 1.52. The highest BCUT2D eigenvalue weighted by atomic mass is 16.4.